The van der Waals surface area contributed by atoms with Gasteiger partial charge in [-0.1, -0.05) is 81.8 Å². The fraction of sp³-hybridized carbons (Fsp3) is 0.276. The molecule has 0 radical (unpaired) electrons. The van der Waals surface area contributed by atoms with Crippen LogP contribution in [0.3, 0.4) is 0 Å². The zero-order valence-corrected chi connectivity index (χ0v) is 20.9. The van der Waals surface area contributed by atoms with Gasteiger partial charge in [0.15, 0.2) is 0 Å². The van der Waals surface area contributed by atoms with Crippen molar-refractivity contribution in [3.05, 3.63) is 94.0 Å². The van der Waals surface area contributed by atoms with Crippen molar-refractivity contribution < 1.29 is 0 Å². The molecule has 1 N–H and O–H groups in total. The van der Waals surface area contributed by atoms with Crippen molar-refractivity contribution in [2.45, 2.75) is 52.5 Å². The SMILES string of the molecule is CCCCc1nc2ccc(C(C)C)cc2c(=O)n1Cc1ccc(-c2ccccc2-c2nn[nH]n2)cc1. The highest BCUT2D eigenvalue weighted by atomic mass is 16.1. The van der Waals surface area contributed by atoms with Gasteiger partial charge in [0.05, 0.1) is 17.4 Å². The molecule has 0 spiro atoms. The molecular formula is C29H30N6O. The third kappa shape index (κ3) is 4.69. The van der Waals surface area contributed by atoms with Crippen molar-refractivity contribution in [2.24, 2.45) is 0 Å². The van der Waals surface area contributed by atoms with Crippen LogP contribution in [0.25, 0.3) is 33.4 Å². The van der Waals surface area contributed by atoms with E-state index in [4.69, 9.17) is 4.98 Å². The predicted molar refractivity (Wildman–Crippen MR) is 143 cm³/mol. The van der Waals surface area contributed by atoms with Gasteiger partial charge in [-0.05, 0) is 51.9 Å². The molecule has 0 bridgehead atoms. The average molecular weight is 479 g/mol. The molecule has 0 saturated carbocycles. The summed E-state index contributed by atoms with van der Waals surface area (Å²) in [6, 6.07) is 22.4. The zero-order valence-electron chi connectivity index (χ0n) is 20.9. The lowest BCUT2D eigenvalue weighted by Crippen LogP contribution is -2.26. The number of nitrogens with one attached hydrogen (secondary N) is 1. The monoisotopic (exact) mass is 478 g/mol. The molecule has 0 fully saturated rings. The van der Waals surface area contributed by atoms with E-state index in [0.717, 1.165) is 58.4 Å². The number of benzene rings is 3. The number of aromatic nitrogens is 6. The van der Waals surface area contributed by atoms with E-state index in [9.17, 15) is 4.79 Å². The van der Waals surface area contributed by atoms with E-state index in [-0.39, 0.29) is 5.56 Å². The largest absolute Gasteiger partial charge is 0.292 e. The number of hydrogen-bond donors (Lipinski definition) is 1. The maximum absolute atomic E-state index is 13.7. The number of tetrazole rings is 1. The van der Waals surface area contributed by atoms with Gasteiger partial charge in [0.1, 0.15) is 5.82 Å². The van der Waals surface area contributed by atoms with Gasteiger partial charge in [-0.3, -0.25) is 9.36 Å². The number of H-pyrrole nitrogens is 1. The fourth-order valence-corrected chi connectivity index (χ4v) is 4.51. The predicted octanol–water partition coefficient (Wildman–Crippen LogP) is 5.76. The second-order valence-corrected chi connectivity index (χ2v) is 9.43. The Kier molecular flexibility index (Phi) is 6.71. The van der Waals surface area contributed by atoms with Crippen LogP contribution in [0.15, 0.2) is 71.5 Å². The van der Waals surface area contributed by atoms with E-state index in [1.54, 1.807) is 0 Å². The summed E-state index contributed by atoms with van der Waals surface area (Å²) >= 11 is 0. The maximum atomic E-state index is 13.7. The normalized spacial score (nSPS) is 11.4. The molecule has 182 valence electrons. The quantitative estimate of drug-likeness (QED) is 0.306. The molecule has 0 aliphatic heterocycles. The van der Waals surface area contributed by atoms with Crippen molar-refractivity contribution in [3.63, 3.8) is 0 Å². The van der Waals surface area contributed by atoms with E-state index < -0.39 is 0 Å². The van der Waals surface area contributed by atoms with Crippen molar-refractivity contribution in [1.82, 2.24) is 30.2 Å². The highest BCUT2D eigenvalue weighted by Crippen LogP contribution is 2.30. The molecule has 0 saturated heterocycles. The third-order valence-electron chi connectivity index (χ3n) is 6.60. The van der Waals surface area contributed by atoms with Crippen molar-refractivity contribution >= 4 is 10.9 Å². The third-order valence-corrected chi connectivity index (χ3v) is 6.60. The van der Waals surface area contributed by atoms with Crippen LogP contribution in [0.5, 0.6) is 0 Å². The van der Waals surface area contributed by atoms with Gasteiger partial charge in [0, 0.05) is 12.0 Å². The first-order chi connectivity index (χ1) is 17.5. The van der Waals surface area contributed by atoms with Crippen LogP contribution in [0.1, 0.15) is 56.5 Å². The minimum absolute atomic E-state index is 0.0279. The Bertz CT molecular complexity index is 1540. The smallest absolute Gasteiger partial charge is 0.261 e. The first-order valence-corrected chi connectivity index (χ1v) is 12.5. The van der Waals surface area contributed by atoms with Gasteiger partial charge < -0.3 is 0 Å². The Morgan fingerprint density at radius 1 is 0.972 bits per heavy atom. The lowest BCUT2D eigenvalue weighted by atomic mass is 9.98. The van der Waals surface area contributed by atoms with Crippen molar-refractivity contribution in [3.8, 4) is 22.5 Å². The Labute approximate surface area is 210 Å². The molecule has 5 aromatic rings. The number of hydrogen-bond acceptors (Lipinski definition) is 5. The first kappa shape index (κ1) is 23.6. The number of unbranched alkanes of at least 4 members (excludes halogenated alkanes) is 1. The van der Waals surface area contributed by atoms with Gasteiger partial charge in [0.25, 0.3) is 5.56 Å². The maximum Gasteiger partial charge on any atom is 0.261 e. The summed E-state index contributed by atoms with van der Waals surface area (Å²) in [5, 5.41) is 15.2. The summed E-state index contributed by atoms with van der Waals surface area (Å²) in [4.78, 5) is 18.6. The van der Waals surface area contributed by atoms with E-state index in [0.29, 0.717) is 23.7 Å². The molecule has 7 nitrogen and oxygen atoms in total. The average Bonchev–Trinajstić information content (AvgIpc) is 3.44. The zero-order chi connectivity index (χ0) is 25.1. The van der Waals surface area contributed by atoms with Crippen LogP contribution in [0.2, 0.25) is 0 Å². The van der Waals surface area contributed by atoms with E-state index in [2.05, 4.69) is 71.7 Å². The summed E-state index contributed by atoms with van der Waals surface area (Å²) in [6.45, 7) is 6.92. The van der Waals surface area contributed by atoms with E-state index >= 15 is 0 Å². The number of rotatable bonds is 8. The van der Waals surface area contributed by atoms with Crippen LogP contribution in [0.4, 0.5) is 0 Å². The minimum atomic E-state index is 0.0279. The van der Waals surface area contributed by atoms with Crippen LogP contribution in [-0.2, 0) is 13.0 Å². The first-order valence-electron chi connectivity index (χ1n) is 12.5. The fourth-order valence-electron chi connectivity index (χ4n) is 4.51. The minimum Gasteiger partial charge on any atom is -0.292 e. The Morgan fingerprint density at radius 2 is 1.75 bits per heavy atom. The number of aromatic amines is 1. The topological polar surface area (TPSA) is 89.4 Å². The highest BCUT2D eigenvalue weighted by Gasteiger charge is 2.14. The van der Waals surface area contributed by atoms with Crippen molar-refractivity contribution in [2.75, 3.05) is 0 Å². The van der Waals surface area contributed by atoms with Crippen molar-refractivity contribution in [1.29, 1.82) is 0 Å². The lowest BCUT2D eigenvalue weighted by molar-refractivity contribution is 0.646. The van der Waals surface area contributed by atoms with Gasteiger partial charge in [-0.25, -0.2) is 4.98 Å². The molecule has 2 aromatic heterocycles. The van der Waals surface area contributed by atoms with Crippen LogP contribution in [0, 0.1) is 0 Å². The second kappa shape index (κ2) is 10.2. The molecule has 0 atom stereocenters. The molecule has 5 rings (SSSR count). The second-order valence-electron chi connectivity index (χ2n) is 9.43. The van der Waals surface area contributed by atoms with Gasteiger partial charge in [-0.2, -0.15) is 5.21 Å². The van der Waals surface area contributed by atoms with Crippen LogP contribution in [-0.4, -0.2) is 30.2 Å². The highest BCUT2D eigenvalue weighted by molar-refractivity contribution is 5.80. The Morgan fingerprint density at radius 3 is 2.44 bits per heavy atom. The number of aryl methyl sites for hydroxylation is 1. The molecule has 0 amide bonds. The standard InChI is InChI=1S/C29H30N6O/c1-4-5-10-27-30-26-16-15-22(19(2)3)17-25(26)29(36)35(27)18-20-11-13-21(14-12-20)23-8-6-7-9-24(23)28-31-33-34-32-28/h6-9,11-17,19H,4-5,10,18H2,1-3H3,(H,31,32,33,34). The van der Waals surface area contributed by atoms with Gasteiger partial charge >= 0.3 is 0 Å². The summed E-state index contributed by atoms with van der Waals surface area (Å²) in [5.41, 5.74) is 6.00. The summed E-state index contributed by atoms with van der Waals surface area (Å²) in [7, 11) is 0. The molecule has 36 heavy (non-hydrogen) atoms. The molecular weight excluding hydrogens is 448 g/mol. The number of fused-ring (bicyclic) bond motifs is 1. The molecule has 3 aromatic carbocycles. The van der Waals surface area contributed by atoms with Gasteiger partial charge in [-0.15, -0.1) is 10.2 Å². The van der Waals surface area contributed by atoms with E-state index in [1.807, 2.05) is 41.0 Å². The lowest BCUT2D eigenvalue weighted by Gasteiger charge is -2.15. The Balaban J connectivity index is 1.52. The molecule has 7 heteroatoms. The van der Waals surface area contributed by atoms with E-state index in [1.165, 1.54) is 0 Å². The summed E-state index contributed by atoms with van der Waals surface area (Å²) in [5.74, 6) is 1.76. The molecule has 0 aliphatic rings. The summed E-state index contributed by atoms with van der Waals surface area (Å²) < 4.78 is 1.85. The Hall–Kier alpha value is -4.13. The molecule has 2 heterocycles. The molecule has 0 unspecified atom stereocenters. The van der Waals surface area contributed by atoms with Crippen LogP contribution >= 0.6 is 0 Å². The van der Waals surface area contributed by atoms with Gasteiger partial charge in [0.2, 0.25) is 5.82 Å². The summed E-state index contributed by atoms with van der Waals surface area (Å²) in [6.07, 6.45) is 2.83. The van der Waals surface area contributed by atoms with Crippen LogP contribution < -0.4 is 5.56 Å². The molecule has 0 aliphatic carbocycles. The number of nitrogens with zero attached hydrogens (tertiary/aromatic N) is 5.